The average molecular weight is 465 g/mol. The summed E-state index contributed by atoms with van der Waals surface area (Å²) in [6.45, 7) is 0.657. The molecule has 0 bridgehead atoms. The summed E-state index contributed by atoms with van der Waals surface area (Å²) in [5.74, 6) is -3.93. The number of benzene rings is 3. The van der Waals surface area contributed by atoms with E-state index in [2.05, 4.69) is 0 Å². The Labute approximate surface area is 192 Å². The average Bonchev–Trinajstić information content (AvgIpc) is 3.10. The number of phenolic OH excluding ortho intramolecular Hbond substituents is 1. The molecule has 2 aliphatic rings. The van der Waals surface area contributed by atoms with Crippen LogP contribution in [0.2, 0.25) is 0 Å². The SMILES string of the molecule is O=C1C(=O)N(c2cc(F)ccc2F)C(c2cccc(O)c2)/C1=C(/O)c1ccc2c(c1)OCCO2. The molecule has 0 spiro atoms. The summed E-state index contributed by atoms with van der Waals surface area (Å²) < 4.78 is 39.7. The van der Waals surface area contributed by atoms with Gasteiger partial charge in [-0.3, -0.25) is 14.5 Å². The van der Waals surface area contributed by atoms with E-state index in [1.807, 2.05) is 0 Å². The van der Waals surface area contributed by atoms with Crippen LogP contribution in [0.3, 0.4) is 0 Å². The number of aliphatic hydroxyl groups is 1. The summed E-state index contributed by atoms with van der Waals surface area (Å²) in [6, 6.07) is 11.3. The van der Waals surface area contributed by atoms with Crippen molar-refractivity contribution in [3.8, 4) is 17.2 Å². The minimum Gasteiger partial charge on any atom is -0.508 e. The molecule has 1 fully saturated rings. The van der Waals surface area contributed by atoms with Crippen molar-refractivity contribution in [3.63, 3.8) is 0 Å². The largest absolute Gasteiger partial charge is 0.508 e. The molecule has 0 aromatic heterocycles. The molecule has 0 radical (unpaired) electrons. The van der Waals surface area contributed by atoms with Crippen LogP contribution in [0, 0.1) is 11.6 Å². The molecule has 0 aliphatic carbocycles. The number of aliphatic hydroxyl groups excluding tert-OH is 1. The number of carbonyl (C=O) groups is 2. The third kappa shape index (κ3) is 3.51. The van der Waals surface area contributed by atoms with Crippen LogP contribution in [0.4, 0.5) is 14.5 Å². The molecule has 3 aromatic carbocycles. The summed E-state index contributed by atoms with van der Waals surface area (Å²) in [4.78, 5) is 26.9. The van der Waals surface area contributed by atoms with Crippen LogP contribution in [0.5, 0.6) is 17.2 Å². The van der Waals surface area contributed by atoms with Crippen molar-refractivity contribution >= 4 is 23.1 Å². The van der Waals surface area contributed by atoms with E-state index in [-0.39, 0.29) is 22.4 Å². The highest BCUT2D eigenvalue weighted by Gasteiger charge is 2.48. The minimum absolute atomic E-state index is 0.159. The number of halogens is 2. The topological polar surface area (TPSA) is 96.3 Å². The molecule has 7 nitrogen and oxygen atoms in total. The molecule has 1 atom stereocenters. The van der Waals surface area contributed by atoms with Gasteiger partial charge in [0.05, 0.1) is 17.3 Å². The number of carbonyl (C=O) groups excluding carboxylic acids is 2. The standard InChI is InChI=1S/C25H17F2NO6/c26-15-5-6-17(27)18(12-15)28-22(13-2-1-3-16(29)10-13)21(24(31)25(28)32)23(30)14-4-7-19-20(11-14)34-9-8-33-19/h1-7,10-12,22,29-30H,8-9H2/b23-21-. The zero-order valence-electron chi connectivity index (χ0n) is 17.5. The summed E-state index contributed by atoms with van der Waals surface area (Å²) in [5, 5.41) is 21.2. The van der Waals surface area contributed by atoms with Gasteiger partial charge in [-0.2, -0.15) is 0 Å². The van der Waals surface area contributed by atoms with Crippen LogP contribution < -0.4 is 14.4 Å². The second-order valence-electron chi connectivity index (χ2n) is 7.72. The van der Waals surface area contributed by atoms with E-state index in [0.717, 1.165) is 23.1 Å². The Morgan fingerprint density at radius 1 is 0.941 bits per heavy atom. The number of fused-ring (bicyclic) bond motifs is 1. The van der Waals surface area contributed by atoms with Crippen molar-refractivity contribution in [2.24, 2.45) is 0 Å². The summed E-state index contributed by atoms with van der Waals surface area (Å²) in [5.41, 5.74) is -0.457. The minimum atomic E-state index is -1.34. The van der Waals surface area contributed by atoms with E-state index in [4.69, 9.17) is 9.47 Å². The van der Waals surface area contributed by atoms with Crippen LogP contribution in [0.1, 0.15) is 17.2 Å². The predicted molar refractivity (Wildman–Crippen MR) is 117 cm³/mol. The molecule has 1 unspecified atom stereocenters. The van der Waals surface area contributed by atoms with Crippen LogP contribution in [-0.2, 0) is 9.59 Å². The van der Waals surface area contributed by atoms with Gasteiger partial charge < -0.3 is 19.7 Å². The first-order valence-electron chi connectivity index (χ1n) is 10.3. The molecule has 3 aromatic rings. The van der Waals surface area contributed by atoms with Gasteiger partial charge in [-0.1, -0.05) is 12.1 Å². The van der Waals surface area contributed by atoms with Crippen molar-refractivity contribution in [3.05, 3.63) is 89.0 Å². The molecule has 34 heavy (non-hydrogen) atoms. The maximum absolute atomic E-state index is 14.7. The highest BCUT2D eigenvalue weighted by Crippen LogP contribution is 2.44. The summed E-state index contributed by atoms with van der Waals surface area (Å²) >= 11 is 0. The number of hydrogen-bond acceptors (Lipinski definition) is 6. The maximum atomic E-state index is 14.7. The van der Waals surface area contributed by atoms with Gasteiger partial charge in [0.25, 0.3) is 11.7 Å². The molecule has 1 amide bonds. The molecule has 0 saturated carbocycles. The number of amides is 1. The number of Topliss-reactive ketones (excluding diaryl/α,β-unsaturated/α-hetero) is 1. The van der Waals surface area contributed by atoms with E-state index in [9.17, 15) is 28.6 Å². The number of aromatic hydroxyl groups is 1. The number of phenols is 1. The zero-order chi connectivity index (χ0) is 24.0. The quantitative estimate of drug-likeness (QED) is 0.344. The number of anilines is 1. The third-order valence-corrected chi connectivity index (χ3v) is 5.61. The maximum Gasteiger partial charge on any atom is 0.300 e. The highest BCUT2D eigenvalue weighted by molar-refractivity contribution is 6.51. The smallest absolute Gasteiger partial charge is 0.300 e. The lowest BCUT2D eigenvalue weighted by Crippen LogP contribution is -2.30. The first kappa shape index (κ1) is 21.4. The van der Waals surface area contributed by atoms with Crippen molar-refractivity contribution in [2.75, 3.05) is 18.1 Å². The lowest BCUT2D eigenvalue weighted by molar-refractivity contribution is -0.132. The van der Waals surface area contributed by atoms with Gasteiger partial charge in [-0.15, -0.1) is 0 Å². The second kappa shape index (κ2) is 8.18. The Morgan fingerprint density at radius 3 is 2.47 bits per heavy atom. The lowest BCUT2D eigenvalue weighted by Gasteiger charge is -2.26. The Bertz CT molecular complexity index is 1370. The molecule has 2 aliphatic heterocycles. The zero-order valence-corrected chi connectivity index (χ0v) is 17.5. The van der Waals surface area contributed by atoms with Gasteiger partial charge in [-0.05, 0) is 48.0 Å². The van der Waals surface area contributed by atoms with Crippen LogP contribution in [0.15, 0.2) is 66.2 Å². The molecule has 2 N–H and O–H groups in total. The molecule has 9 heteroatoms. The first-order chi connectivity index (χ1) is 16.3. The number of rotatable bonds is 3. The monoisotopic (exact) mass is 465 g/mol. The van der Waals surface area contributed by atoms with Crippen LogP contribution in [-0.4, -0.2) is 35.1 Å². The fourth-order valence-electron chi connectivity index (χ4n) is 4.11. The Hall–Kier alpha value is -4.40. The van der Waals surface area contributed by atoms with Crippen LogP contribution in [0.25, 0.3) is 5.76 Å². The van der Waals surface area contributed by atoms with E-state index >= 15 is 0 Å². The van der Waals surface area contributed by atoms with Crippen molar-refractivity contribution in [1.82, 2.24) is 0 Å². The summed E-state index contributed by atoms with van der Waals surface area (Å²) in [6.07, 6.45) is 0. The van der Waals surface area contributed by atoms with Gasteiger partial charge in [0, 0.05) is 11.6 Å². The van der Waals surface area contributed by atoms with Crippen molar-refractivity contribution < 1.29 is 38.1 Å². The number of ketones is 1. The van der Waals surface area contributed by atoms with Gasteiger partial charge in [-0.25, -0.2) is 8.78 Å². The van der Waals surface area contributed by atoms with Crippen molar-refractivity contribution in [2.45, 2.75) is 6.04 Å². The van der Waals surface area contributed by atoms with Gasteiger partial charge in [0.1, 0.15) is 36.4 Å². The number of hydrogen-bond donors (Lipinski definition) is 2. The van der Waals surface area contributed by atoms with Gasteiger partial charge >= 0.3 is 0 Å². The van der Waals surface area contributed by atoms with Gasteiger partial charge in [0.2, 0.25) is 0 Å². The van der Waals surface area contributed by atoms with E-state index < -0.39 is 40.8 Å². The summed E-state index contributed by atoms with van der Waals surface area (Å²) in [7, 11) is 0. The molecule has 5 rings (SSSR count). The van der Waals surface area contributed by atoms with E-state index in [1.54, 1.807) is 6.07 Å². The third-order valence-electron chi connectivity index (χ3n) is 5.61. The Balaban J connectivity index is 1.73. The van der Waals surface area contributed by atoms with Crippen molar-refractivity contribution in [1.29, 1.82) is 0 Å². The predicted octanol–water partition coefficient (Wildman–Crippen LogP) is 4.07. The number of ether oxygens (including phenoxy) is 2. The molecular formula is C25H17F2NO6. The number of nitrogens with zero attached hydrogens (tertiary/aromatic N) is 1. The fourth-order valence-corrected chi connectivity index (χ4v) is 4.11. The lowest BCUT2D eigenvalue weighted by atomic mass is 9.94. The van der Waals surface area contributed by atoms with Crippen LogP contribution >= 0.6 is 0 Å². The highest BCUT2D eigenvalue weighted by atomic mass is 19.1. The molecule has 1 saturated heterocycles. The second-order valence-corrected chi connectivity index (χ2v) is 7.72. The van der Waals surface area contributed by atoms with E-state index in [0.29, 0.717) is 24.7 Å². The normalized spacial score (nSPS) is 18.9. The molecule has 172 valence electrons. The van der Waals surface area contributed by atoms with E-state index in [1.165, 1.54) is 36.4 Å². The molecule has 2 heterocycles. The molecular weight excluding hydrogens is 448 g/mol. The first-order valence-corrected chi connectivity index (χ1v) is 10.3. The Morgan fingerprint density at radius 2 is 1.71 bits per heavy atom. The fraction of sp³-hybridized carbons (Fsp3) is 0.120. The van der Waals surface area contributed by atoms with Gasteiger partial charge in [0.15, 0.2) is 11.5 Å². The Kier molecular flexibility index (Phi) is 5.16.